The van der Waals surface area contributed by atoms with Crippen LogP contribution < -0.4 is 5.73 Å². The summed E-state index contributed by atoms with van der Waals surface area (Å²) in [5.41, 5.74) is 4.95. The number of pyridine rings is 1. The third kappa shape index (κ3) is 3.48. The fraction of sp³-hybridized carbons (Fsp3) is 0. The Balaban J connectivity index is 0.000000146. The van der Waals surface area contributed by atoms with Crippen molar-refractivity contribution in [1.82, 2.24) is 9.97 Å². The van der Waals surface area contributed by atoms with Crippen LogP contribution in [0, 0.1) is 0 Å². The number of primary amides is 1. The van der Waals surface area contributed by atoms with Gasteiger partial charge in [0.05, 0.1) is 0 Å². The first-order valence-electron chi connectivity index (χ1n) is 3.83. The second-order valence-electron chi connectivity index (χ2n) is 2.26. The highest BCUT2D eigenvalue weighted by Crippen LogP contribution is 1.89. The van der Waals surface area contributed by atoms with Crippen molar-refractivity contribution in [1.29, 1.82) is 0 Å². The Kier molecular flexibility index (Phi) is 3.87. The number of nitrogens with zero attached hydrogens (tertiary/aromatic N) is 2. The van der Waals surface area contributed by atoms with Crippen molar-refractivity contribution >= 4 is 5.91 Å². The molecule has 2 heterocycles. The molecule has 0 aliphatic rings. The molecule has 2 aromatic rings. The molecule has 0 unspecified atom stereocenters. The van der Waals surface area contributed by atoms with Gasteiger partial charge in [0.15, 0.2) is 12.1 Å². The molecule has 0 bridgehead atoms. The Labute approximate surface area is 80.6 Å². The quantitative estimate of drug-likeness (QED) is 0.724. The molecule has 2 aromatic heterocycles. The first kappa shape index (κ1) is 9.91. The normalized spacial score (nSPS) is 8.57. The van der Waals surface area contributed by atoms with Crippen LogP contribution in [0.4, 0.5) is 0 Å². The van der Waals surface area contributed by atoms with E-state index in [0.29, 0.717) is 0 Å². The van der Waals surface area contributed by atoms with Crippen LogP contribution in [0.2, 0.25) is 0 Å². The van der Waals surface area contributed by atoms with E-state index in [2.05, 4.69) is 14.4 Å². The molecular weight excluding hydrogens is 182 g/mol. The monoisotopic (exact) mass is 191 g/mol. The van der Waals surface area contributed by atoms with Crippen LogP contribution in [-0.2, 0) is 0 Å². The summed E-state index contributed by atoms with van der Waals surface area (Å²) in [6.45, 7) is 0. The summed E-state index contributed by atoms with van der Waals surface area (Å²) in [6, 6.07) is 5.72. The summed E-state index contributed by atoms with van der Waals surface area (Å²) in [4.78, 5) is 17.4. The molecule has 14 heavy (non-hydrogen) atoms. The number of hydrogen-bond donors (Lipinski definition) is 1. The average Bonchev–Trinajstić information content (AvgIpc) is 2.74. The van der Waals surface area contributed by atoms with Gasteiger partial charge in [0.2, 0.25) is 0 Å². The third-order valence-electron chi connectivity index (χ3n) is 1.25. The molecule has 1 amide bonds. The number of oxazole rings is 1. The Bertz CT molecular complexity index is 332. The zero-order valence-electron chi connectivity index (χ0n) is 7.33. The van der Waals surface area contributed by atoms with E-state index in [4.69, 9.17) is 5.73 Å². The molecule has 0 atom stereocenters. The molecule has 0 saturated heterocycles. The maximum Gasteiger partial charge on any atom is 0.270 e. The second kappa shape index (κ2) is 5.47. The smallest absolute Gasteiger partial charge is 0.270 e. The van der Waals surface area contributed by atoms with Crippen molar-refractivity contribution in [3.8, 4) is 0 Å². The number of rotatable bonds is 1. The SMILES string of the molecule is NC(=O)c1cocn1.c1ccncc1. The maximum absolute atomic E-state index is 10.2. The van der Waals surface area contributed by atoms with Gasteiger partial charge in [0, 0.05) is 12.4 Å². The lowest BCUT2D eigenvalue weighted by molar-refractivity contribution is 0.0995. The summed E-state index contributed by atoms with van der Waals surface area (Å²) in [7, 11) is 0. The fourth-order valence-electron chi connectivity index (χ4n) is 0.647. The standard InChI is InChI=1S/C5H5N.C4H4N2O2/c1-2-4-6-5-3-1;5-4(7)3-1-8-2-6-3/h1-5H;1-2H,(H2,5,7). The van der Waals surface area contributed by atoms with Crippen molar-refractivity contribution in [2.45, 2.75) is 0 Å². The van der Waals surface area contributed by atoms with Gasteiger partial charge in [0.1, 0.15) is 6.26 Å². The Morgan fingerprint density at radius 2 is 2.00 bits per heavy atom. The minimum Gasteiger partial charge on any atom is -0.451 e. The second-order valence-corrected chi connectivity index (χ2v) is 2.26. The van der Waals surface area contributed by atoms with Crippen LogP contribution in [-0.4, -0.2) is 15.9 Å². The largest absolute Gasteiger partial charge is 0.451 e. The number of nitrogens with two attached hydrogens (primary N) is 1. The van der Waals surface area contributed by atoms with Crippen molar-refractivity contribution in [2.75, 3.05) is 0 Å². The summed E-state index contributed by atoms with van der Waals surface area (Å²) in [5.74, 6) is -0.571. The molecule has 0 aliphatic heterocycles. The van der Waals surface area contributed by atoms with Crippen LogP contribution in [0.5, 0.6) is 0 Å². The predicted octanol–water partition coefficient (Wildman–Crippen LogP) is 0.855. The zero-order chi connectivity index (χ0) is 10.2. The average molecular weight is 191 g/mol. The summed E-state index contributed by atoms with van der Waals surface area (Å²) in [5, 5.41) is 0. The first-order chi connectivity index (χ1) is 6.80. The minimum absolute atomic E-state index is 0.157. The lowest BCUT2D eigenvalue weighted by Crippen LogP contribution is -2.10. The molecule has 2 rings (SSSR count). The molecule has 0 aliphatic carbocycles. The highest BCUT2D eigenvalue weighted by molar-refractivity contribution is 5.90. The summed E-state index contributed by atoms with van der Waals surface area (Å²) >= 11 is 0. The van der Waals surface area contributed by atoms with E-state index in [1.807, 2.05) is 18.2 Å². The van der Waals surface area contributed by atoms with Gasteiger partial charge < -0.3 is 10.2 Å². The molecule has 0 aromatic carbocycles. The van der Waals surface area contributed by atoms with Gasteiger partial charge in [-0.15, -0.1) is 0 Å². The van der Waals surface area contributed by atoms with Gasteiger partial charge in [-0.3, -0.25) is 9.78 Å². The van der Waals surface area contributed by atoms with E-state index in [0.717, 1.165) is 6.39 Å². The van der Waals surface area contributed by atoms with Crippen LogP contribution >= 0.6 is 0 Å². The van der Waals surface area contributed by atoms with Gasteiger partial charge in [-0.05, 0) is 12.1 Å². The van der Waals surface area contributed by atoms with E-state index in [9.17, 15) is 4.79 Å². The van der Waals surface area contributed by atoms with Gasteiger partial charge in [-0.2, -0.15) is 0 Å². The maximum atomic E-state index is 10.2. The van der Waals surface area contributed by atoms with E-state index in [1.165, 1.54) is 6.26 Å². The van der Waals surface area contributed by atoms with Crippen molar-refractivity contribution in [3.05, 3.63) is 48.9 Å². The molecule has 0 spiro atoms. The van der Waals surface area contributed by atoms with Crippen LogP contribution in [0.1, 0.15) is 10.5 Å². The van der Waals surface area contributed by atoms with E-state index in [1.54, 1.807) is 12.4 Å². The molecule has 5 nitrogen and oxygen atoms in total. The topological polar surface area (TPSA) is 82.0 Å². The van der Waals surface area contributed by atoms with Crippen LogP contribution in [0.25, 0.3) is 0 Å². The third-order valence-corrected chi connectivity index (χ3v) is 1.25. The number of hydrogen-bond acceptors (Lipinski definition) is 4. The molecule has 0 saturated carbocycles. The lowest BCUT2D eigenvalue weighted by atomic mass is 10.5. The molecule has 2 N–H and O–H groups in total. The zero-order valence-corrected chi connectivity index (χ0v) is 7.33. The first-order valence-corrected chi connectivity index (χ1v) is 3.83. The molecule has 0 fully saturated rings. The van der Waals surface area contributed by atoms with E-state index >= 15 is 0 Å². The van der Waals surface area contributed by atoms with Crippen molar-refractivity contribution in [3.63, 3.8) is 0 Å². The Morgan fingerprint density at radius 1 is 1.29 bits per heavy atom. The summed E-state index contributed by atoms with van der Waals surface area (Å²) in [6.07, 6.45) is 5.85. The van der Waals surface area contributed by atoms with Crippen LogP contribution in [0.15, 0.2) is 47.7 Å². The fourth-order valence-corrected chi connectivity index (χ4v) is 0.647. The molecule has 72 valence electrons. The number of carbonyl (C=O) groups excluding carboxylic acids is 1. The van der Waals surface area contributed by atoms with E-state index < -0.39 is 5.91 Å². The highest BCUT2D eigenvalue weighted by Gasteiger charge is 1.99. The highest BCUT2D eigenvalue weighted by atomic mass is 16.3. The van der Waals surface area contributed by atoms with Crippen molar-refractivity contribution in [2.24, 2.45) is 5.73 Å². The summed E-state index contributed by atoms with van der Waals surface area (Å²) < 4.78 is 4.46. The predicted molar refractivity (Wildman–Crippen MR) is 49.3 cm³/mol. The number of amides is 1. The van der Waals surface area contributed by atoms with Gasteiger partial charge >= 0.3 is 0 Å². The van der Waals surface area contributed by atoms with Gasteiger partial charge in [-0.1, -0.05) is 6.07 Å². The molecule has 5 heteroatoms. The Morgan fingerprint density at radius 3 is 2.21 bits per heavy atom. The van der Waals surface area contributed by atoms with Gasteiger partial charge in [0.25, 0.3) is 5.91 Å². The number of aromatic nitrogens is 2. The minimum atomic E-state index is -0.571. The van der Waals surface area contributed by atoms with Crippen LogP contribution in [0.3, 0.4) is 0 Å². The molecule has 0 radical (unpaired) electrons. The lowest BCUT2D eigenvalue weighted by Gasteiger charge is -1.77. The number of carbonyl (C=O) groups is 1. The van der Waals surface area contributed by atoms with E-state index in [-0.39, 0.29) is 5.69 Å². The van der Waals surface area contributed by atoms with Gasteiger partial charge in [-0.25, -0.2) is 4.98 Å². The Hall–Kier alpha value is -2.17. The molecular formula is C9H9N3O2. The van der Waals surface area contributed by atoms with Crippen molar-refractivity contribution < 1.29 is 9.21 Å².